The van der Waals surface area contributed by atoms with E-state index in [0.29, 0.717) is 6.04 Å². The van der Waals surface area contributed by atoms with Gasteiger partial charge in [0.15, 0.2) is 0 Å². The summed E-state index contributed by atoms with van der Waals surface area (Å²) in [5, 5.41) is 3.51. The molecule has 2 saturated heterocycles. The average Bonchev–Trinajstić information content (AvgIpc) is 2.50. The molecule has 0 aliphatic carbocycles. The van der Waals surface area contributed by atoms with E-state index in [1.807, 2.05) is 0 Å². The molecule has 0 aromatic carbocycles. The number of nitrogens with one attached hydrogen (secondary N) is 1. The third-order valence-corrected chi connectivity index (χ3v) is 4.64. The molecule has 1 N–H and O–H groups in total. The van der Waals surface area contributed by atoms with E-state index in [9.17, 15) is 0 Å². The Labute approximate surface area is 100 Å². The summed E-state index contributed by atoms with van der Waals surface area (Å²) in [4.78, 5) is 2.62. The van der Waals surface area contributed by atoms with E-state index in [2.05, 4.69) is 37.8 Å². The van der Waals surface area contributed by atoms with Crippen LogP contribution in [0.4, 0.5) is 0 Å². The van der Waals surface area contributed by atoms with Crippen molar-refractivity contribution in [2.75, 3.05) is 14.1 Å². The molecule has 0 radical (unpaired) electrons. The van der Waals surface area contributed by atoms with Crippen LogP contribution in [0.15, 0.2) is 12.2 Å². The number of hydrogen-bond acceptors (Lipinski definition) is 2. The van der Waals surface area contributed by atoms with Gasteiger partial charge >= 0.3 is 0 Å². The van der Waals surface area contributed by atoms with Crippen LogP contribution in [-0.2, 0) is 0 Å². The standard InChI is InChI=1S/C14H26N2/c1-10(2)7-14(15-3)11-8-12-5-6-13(9-11)16(12)4/h11-15H,1,5-9H2,2-4H3. The van der Waals surface area contributed by atoms with Crippen LogP contribution in [0.25, 0.3) is 0 Å². The molecule has 92 valence electrons. The first-order valence-corrected chi connectivity index (χ1v) is 6.65. The summed E-state index contributed by atoms with van der Waals surface area (Å²) in [6, 6.07) is 2.35. The maximum atomic E-state index is 4.06. The van der Waals surface area contributed by atoms with Crippen LogP contribution in [0.3, 0.4) is 0 Å². The molecule has 0 amide bonds. The summed E-state index contributed by atoms with van der Waals surface area (Å²) >= 11 is 0. The first kappa shape index (κ1) is 12.1. The lowest BCUT2D eigenvalue weighted by atomic mass is 9.83. The predicted octanol–water partition coefficient (Wildman–Crippen LogP) is 2.41. The number of hydrogen-bond donors (Lipinski definition) is 1. The van der Waals surface area contributed by atoms with Gasteiger partial charge < -0.3 is 10.2 Å². The van der Waals surface area contributed by atoms with Crippen molar-refractivity contribution in [3.8, 4) is 0 Å². The second kappa shape index (κ2) is 4.89. The Kier molecular flexibility index (Phi) is 3.70. The summed E-state index contributed by atoms with van der Waals surface area (Å²) in [5.41, 5.74) is 1.31. The van der Waals surface area contributed by atoms with Gasteiger partial charge in [-0.1, -0.05) is 5.57 Å². The normalized spacial score (nSPS) is 36.3. The van der Waals surface area contributed by atoms with E-state index in [1.165, 1.54) is 31.3 Å². The van der Waals surface area contributed by atoms with Crippen LogP contribution >= 0.6 is 0 Å². The Balaban J connectivity index is 1.97. The molecule has 2 heteroatoms. The molecular formula is C14H26N2. The average molecular weight is 222 g/mol. The minimum absolute atomic E-state index is 0.648. The molecule has 2 bridgehead atoms. The highest BCUT2D eigenvalue weighted by Crippen LogP contribution is 2.39. The third kappa shape index (κ3) is 2.33. The van der Waals surface area contributed by atoms with Crippen molar-refractivity contribution in [3.05, 3.63) is 12.2 Å². The van der Waals surface area contributed by atoms with Crippen molar-refractivity contribution >= 4 is 0 Å². The van der Waals surface area contributed by atoms with Crippen molar-refractivity contribution < 1.29 is 0 Å². The zero-order valence-electron chi connectivity index (χ0n) is 11.0. The highest BCUT2D eigenvalue weighted by atomic mass is 15.2. The van der Waals surface area contributed by atoms with Crippen molar-refractivity contribution in [1.82, 2.24) is 10.2 Å². The maximum absolute atomic E-state index is 4.06. The number of nitrogens with zero attached hydrogens (tertiary/aromatic N) is 1. The first-order chi connectivity index (χ1) is 7.61. The van der Waals surface area contributed by atoms with Gasteiger partial charge in [-0.2, -0.15) is 0 Å². The van der Waals surface area contributed by atoms with Gasteiger partial charge in [0.25, 0.3) is 0 Å². The second-order valence-corrected chi connectivity index (χ2v) is 5.84. The van der Waals surface area contributed by atoms with E-state index in [-0.39, 0.29) is 0 Å². The van der Waals surface area contributed by atoms with Crippen LogP contribution < -0.4 is 5.32 Å². The van der Waals surface area contributed by atoms with Crippen LogP contribution in [-0.4, -0.2) is 37.1 Å². The predicted molar refractivity (Wildman–Crippen MR) is 69.6 cm³/mol. The Bertz CT molecular complexity index is 247. The summed E-state index contributed by atoms with van der Waals surface area (Å²) in [5.74, 6) is 0.857. The smallest absolute Gasteiger partial charge is 0.0130 e. The fourth-order valence-electron chi connectivity index (χ4n) is 3.66. The summed E-state index contributed by atoms with van der Waals surface area (Å²) in [6.07, 6.45) is 6.74. The Morgan fingerprint density at radius 2 is 1.94 bits per heavy atom. The van der Waals surface area contributed by atoms with Crippen LogP contribution in [0.5, 0.6) is 0 Å². The SMILES string of the molecule is C=C(C)CC(NC)C1CC2CCC(C1)N2C. The maximum Gasteiger partial charge on any atom is 0.0130 e. The van der Waals surface area contributed by atoms with E-state index >= 15 is 0 Å². The highest BCUT2D eigenvalue weighted by molar-refractivity contribution is 5.00. The van der Waals surface area contributed by atoms with E-state index in [0.717, 1.165) is 24.4 Å². The second-order valence-electron chi connectivity index (χ2n) is 5.84. The molecule has 2 heterocycles. The minimum Gasteiger partial charge on any atom is -0.316 e. The van der Waals surface area contributed by atoms with Gasteiger partial charge in [-0.3, -0.25) is 0 Å². The van der Waals surface area contributed by atoms with Crippen molar-refractivity contribution in [2.45, 2.75) is 57.2 Å². The number of rotatable bonds is 4. The largest absolute Gasteiger partial charge is 0.316 e. The molecule has 0 saturated carbocycles. The Morgan fingerprint density at radius 1 is 1.38 bits per heavy atom. The van der Waals surface area contributed by atoms with E-state index in [4.69, 9.17) is 0 Å². The van der Waals surface area contributed by atoms with Crippen LogP contribution in [0.1, 0.15) is 39.0 Å². The topological polar surface area (TPSA) is 15.3 Å². The summed E-state index contributed by atoms with van der Waals surface area (Å²) in [7, 11) is 4.42. The highest BCUT2D eigenvalue weighted by Gasteiger charge is 2.40. The molecule has 3 atom stereocenters. The van der Waals surface area contributed by atoms with Crippen molar-refractivity contribution in [1.29, 1.82) is 0 Å². The van der Waals surface area contributed by atoms with Gasteiger partial charge in [0.05, 0.1) is 0 Å². The minimum atomic E-state index is 0.648. The molecular weight excluding hydrogens is 196 g/mol. The first-order valence-electron chi connectivity index (χ1n) is 6.65. The third-order valence-electron chi connectivity index (χ3n) is 4.64. The molecule has 0 spiro atoms. The Hall–Kier alpha value is -0.340. The monoisotopic (exact) mass is 222 g/mol. The lowest BCUT2D eigenvalue weighted by molar-refractivity contribution is 0.114. The molecule has 2 aliphatic heterocycles. The quantitative estimate of drug-likeness (QED) is 0.735. The molecule has 0 aromatic heterocycles. The van der Waals surface area contributed by atoms with Gasteiger partial charge in [0.2, 0.25) is 0 Å². The van der Waals surface area contributed by atoms with Gasteiger partial charge in [-0.05, 0) is 59.0 Å². The summed E-state index contributed by atoms with van der Waals surface area (Å²) < 4.78 is 0. The fourth-order valence-corrected chi connectivity index (χ4v) is 3.66. The zero-order chi connectivity index (χ0) is 11.7. The molecule has 2 rings (SSSR count). The van der Waals surface area contributed by atoms with Gasteiger partial charge in [-0.25, -0.2) is 0 Å². The van der Waals surface area contributed by atoms with Crippen LogP contribution in [0, 0.1) is 5.92 Å². The lowest BCUT2D eigenvalue weighted by Crippen LogP contribution is -2.46. The molecule has 16 heavy (non-hydrogen) atoms. The molecule has 2 aliphatic rings. The van der Waals surface area contributed by atoms with Gasteiger partial charge in [0, 0.05) is 18.1 Å². The van der Waals surface area contributed by atoms with Crippen molar-refractivity contribution in [3.63, 3.8) is 0 Å². The van der Waals surface area contributed by atoms with Crippen LogP contribution in [0.2, 0.25) is 0 Å². The number of fused-ring (bicyclic) bond motifs is 2. The van der Waals surface area contributed by atoms with Gasteiger partial charge in [-0.15, -0.1) is 6.58 Å². The molecule has 2 nitrogen and oxygen atoms in total. The Morgan fingerprint density at radius 3 is 2.38 bits per heavy atom. The van der Waals surface area contributed by atoms with E-state index in [1.54, 1.807) is 0 Å². The molecule has 2 fully saturated rings. The molecule has 3 unspecified atom stereocenters. The fraction of sp³-hybridized carbons (Fsp3) is 0.857. The molecule has 0 aromatic rings. The van der Waals surface area contributed by atoms with Gasteiger partial charge in [0.1, 0.15) is 0 Å². The lowest BCUT2D eigenvalue weighted by Gasteiger charge is -2.40. The van der Waals surface area contributed by atoms with E-state index < -0.39 is 0 Å². The zero-order valence-corrected chi connectivity index (χ0v) is 11.0. The van der Waals surface area contributed by atoms with Crippen molar-refractivity contribution in [2.24, 2.45) is 5.92 Å². The number of piperidine rings is 1. The summed E-state index contributed by atoms with van der Waals surface area (Å²) in [6.45, 7) is 6.20.